The molecule has 1 amide bonds. The van der Waals surface area contributed by atoms with Gasteiger partial charge >= 0.3 is 0 Å². The summed E-state index contributed by atoms with van der Waals surface area (Å²) in [5.74, 6) is 1.37. The first-order valence-electron chi connectivity index (χ1n) is 11.0. The lowest BCUT2D eigenvalue weighted by molar-refractivity contribution is 0.0831. The number of fused-ring (bicyclic) bond motifs is 2. The highest BCUT2D eigenvalue weighted by Gasteiger charge is 2.31. The van der Waals surface area contributed by atoms with Crippen molar-refractivity contribution in [2.24, 2.45) is 7.05 Å². The summed E-state index contributed by atoms with van der Waals surface area (Å²) >= 11 is 1.64. The average Bonchev–Trinajstić information content (AvgIpc) is 3.49. The standard InChI is InChI=1S/C26H29N3O2S/c1-27(2)26(30)25-24(21-7-5-6-8-23(21)32-25)17-11-12-29(15-17)16-18-14-28(3)22-13-19(31-4)9-10-20(18)22/h5-10,13-14,17H,11-12,15-16H2,1-4H3. The summed E-state index contributed by atoms with van der Waals surface area (Å²) in [6, 6.07) is 14.7. The maximum Gasteiger partial charge on any atom is 0.263 e. The van der Waals surface area contributed by atoms with E-state index >= 15 is 0 Å². The molecule has 1 saturated heterocycles. The largest absolute Gasteiger partial charge is 0.497 e. The third-order valence-electron chi connectivity index (χ3n) is 6.59. The minimum Gasteiger partial charge on any atom is -0.497 e. The Morgan fingerprint density at radius 3 is 2.78 bits per heavy atom. The quantitative estimate of drug-likeness (QED) is 0.428. The van der Waals surface area contributed by atoms with E-state index in [-0.39, 0.29) is 5.91 Å². The van der Waals surface area contributed by atoms with Gasteiger partial charge < -0.3 is 14.2 Å². The number of amides is 1. The van der Waals surface area contributed by atoms with Gasteiger partial charge in [-0.15, -0.1) is 11.3 Å². The molecular weight excluding hydrogens is 418 g/mol. The summed E-state index contributed by atoms with van der Waals surface area (Å²) in [4.78, 5) is 18.1. The van der Waals surface area contributed by atoms with Gasteiger partial charge in [0.25, 0.3) is 5.91 Å². The molecule has 0 aliphatic carbocycles. The van der Waals surface area contributed by atoms with E-state index < -0.39 is 0 Å². The SMILES string of the molecule is COc1ccc2c(CN3CCC(c4c(C(=O)N(C)C)sc5ccccc45)C3)cn(C)c2c1. The van der Waals surface area contributed by atoms with Gasteiger partial charge in [-0.25, -0.2) is 0 Å². The topological polar surface area (TPSA) is 37.7 Å². The number of rotatable bonds is 5. The molecule has 3 heterocycles. The zero-order valence-electron chi connectivity index (χ0n) is 19.1. The number of aromatic nitrogens is 1. The summed E-state index contributed by atoms with van der Waals surface area (Å²) < 4.78 is 8.79. The van der Waals surface area contributed by atoms with Gasteiger partial charge in [-0.1, -0.05) is 18.2 Å². The van der Waals surface area contributed by atoms with Gasteiger partial charge in [-0.2, -0.15) is 0 Å². The van der Waals surface area contributed by atoms with Crippen LogP contribution in [0.15, 0.2) is 48.7 Å². The van der Waals surface area contributed by atoms with Crippen molar-refractivity contribution < 1.29 is 9.53 Å². The van der Waals surface area contributed by atoms with Crippen LogP contribution in [-0.2, 0) is 13.6 Å². The zero-order valence-corrected chi connectivity index (χ0v) is 19.9. The Morgan fingerprint density at radius 2 is 2.00 bits per heavy atom. The van der Waals surface area contributed by atoms with Crippen molar-refractivity contribution in [1.82, 2.24) is 14.4 Å². The lowest BCUT2D eigenvalue weighted by Gasteiger charge is -2.17. The Kier molecular flexibility index (Phi) is 5.43. The summed E-state index contributed by atoms with van der Waals surface area (Å²) in [5, 5.41) is 2.52. The first-order chi connectivity index (χ1) is 15.5. The minimum atomic E-state index is 0.114. The summed E-state index contributed by atoms with van der Waals surface area (Å²) in [6.07, 6.45) is 3.31. The molecule has 1 unspecified atom stereocenters. The monoisotopic (exact) mass is 447 g/mol. The van der Waals surface area contributed by atoms with E-state index in [1.807, 2.05) is 20.2 Å². The molecule has 1 atom stereocenters. The highest BCUT2D eigenvalue weighted by Crippen LogP contribution is 2.41. The highest BCUT2D eigenvalue weighted by atomic mass is 32.1. The van der Waals surface area contributed by atoms with Crippen molar-refractivity contribution in [3.63, 3.8) is 0 Å². The van der Waals surface area contributed by atoms with Crippen LogP contribution in [0.1, 0.15) is 33.1 Å². The van der Waals surface area contributed by atoms with E-state index in [0.29, 0.717) is 5.92 Å². The fourth-order valence-electron chi connectivity index (χ4n) is 4.99. The van der Waals surface area contributed by atoms with E-state index in [0.717, 1.165) is 36.7 Å². The summed E-state index contributed by atoms with van der Waals surface area (Å²) in [6.45, 7) is 2.93. The van der Waals surface area contributed by atoms with Crippen molar-refractivity contribution in [2.75, 3.05) is 34.3 Å². The first-order valence-corrected chi connectivity index (χ1v) is 11.8. The van der Waals surface area contributed by atoms with Crippen LogP contribution in [0.5, 0.6) is 5.75 Å². The van der Waals surface area contributed by atoms with Gasteiger partial charge in [0.15, 0.2) is 0 Å². The number of methoxy groups -OCH3 is 1. The van der Waals surface area contributed by atoms with Crippen LogP contribution in [0.2, 0.25) is 0 Å². The molecule has 2 aromatic carbocycles. The molecule has 0 radical (unpaired) electrons. The van der Waals surface area contributed by atoms with Crippen molar-refractivity contribution in [3.8, 4) is 5.75 Å². The first kappa shape index (κ1) is 21.0. The van der Waals surface area contributed by atoms with E-state index in [2.05, 4.69) is 59.1 Å². The molecule has 1 fully saturated rings. The number of ether oxygens (including phenoxy) is 1. The van der Waals surface area contributed by atoms with Crippen LogP contribution in [0.4, 0.5) is 0 Å². The number of carbonyl (C=O) groups excluding carboxylic acids is 1. The molecule has 6 heteroatoms. The van der Waals surface area contributed by atoms with Crippen LogP contribution in [-0.4, -0.2) is 54.6 Å². The number of benzene rings is 2. The van der Waals surface area contributed by atoms with E-state index in [1.54, 1.807) is 23.3 Å². The minimum absolute atomic E-state index is 0.114. The van der Waals surface area contributed by atoms with Gasteiger partial charge in [-0.05, 0) is 47.7 Å². The Balaban J connectivity index is 1.43. The number of carbonyl (C=O) groups is 1. The van der Waals surface area contributed by atoms with E-state index in [1.165, 1.54) is 32.1 Å². The second-order valence-corrected chi connectivity index (χ2v) is 9.96. The van der Waals surface area contributed by atoms with Crippen molar-refractivity contribution in [1.29, 1.82) is 0 Å². The van der Waals surface area contributed by atoms with E-state index in [9.17, 15) is 4.79 Å². The number of hydrogen-bond donors (Lipinski definition) is 0. The van der Waals surface area contributed by atoms with Crippen LogP contribution in [0.3, 0.4) is 0 Å². The molecule has 32 heavy (non-hydrogen) atoms. The second-order valence-electron chi connectivity index (χ2n) is 8.91. The predicted octanol–water partition coefficient (Wildman–Crippen LogP) is 5.09. The Hall–Kier alpha value is -2.83. The highest BCUT2D eigenvalue weighted by molar-refractivity contribution is 7.21. The van der Waals surface area contributed by atoms with Gasteiger partial charge in [0.05, 0.1) is 17.5 Å². The van der Waals surface area contributed by atoms with Gasteiger partial charge in [0.1, 0.15) is 5.75 Å². The summed E-state index contributed by atoms with van der Waals surface area (Å²) in [7, 11) is 7.48. The Bertz CT molecular complexity index is 1300. The predicted molar refractivity (Wildman–Crippen MR) is 132 cm³/mol. The number of thiophene rings is 1. The molecule has 1 aliphatic rings. The normalized spacial score (nSPS) is 16.8. The zero-order chi connectivity index (χ0) is 22.4. The lowest BCUT2D eigenvalue weighted by atomic mass is 9.95. The lowest BCUT2D eigenvalue weighted by Crippen LogP contribution is -2.23. The number of likely N-dealkylation sites (tertiary alicyclic amines) is 1. The van der Waals surface area contributed by atoms with Crippen LogP contribution < -0.4 is 4.74 Å². The molecule has 166 valence electrons. The maximum atomic E-state index is 13.0. The molecule has 2 aromatic heterocycles. The van der Waals surface area contributed by atoms with E-state index in [4.69, 9.17) is 4.74 Å². The van der Waals surface area contributed by atoms with Crippen LogP contribution >= 0.6 is 11.3 Å². The fraction of sp³-hybridized carbons (Fsp3) is 0.346. The van der Waals surface area contributed by atoms with Gasteiger partial charge in [0, 0.05) is 62.5 Å². The Morgan fingerprint density at radius 1 is 1.19 bits per heavy atom. The smallest absolute Gasteiger partial charge is 0.263 e. The van der Waals surface area contributed by atoms with Crippen LogP contribution in [0.25, 0.3) is 21.0 Å². The molecule has 0 saturated carbocycles. The molecule has 0 N–H and O–H groups in total. The number of hydrogen-bond acceptors (Lipinski definition) is 4. The molecule has 5 nitrogen and oxygen atoms in total. The van der Waals surface area contributed by atoms with Gasteiger partial charge in [0.2, 0.25) is 0 Å². The van der Waals surface area contributed by atoms with Crippen molar-refractivity contribution in [3.05, 3.63) is 64.7 Å². The number of nitrogens with zero attached hydrogens (tertiary/aromatic N) is 3. The molecule has 0 bridgehead atoms. The van der Waals surface area contributed by atoms with Gasteiger partial charge in [-0.3, -0.25) is 9.69 Å². The molecule has 0 spiro atoms. The maximum absolute atomic E-state index is 13.0. The third kappa shape index (κ3) is 3.57. The van der Waals surface area contributed by atoms with Crippen LogP contribution in [0, 0.1) is 0 Å². The number of aryl methyl sites for hydroxylation is 1. The average molecular weight is 448 g/mol. The van der Waals surface area contributed by atoms with Crippen molar-refractivity contribution in [2.45, 2.75) is 18.9 Å². The fourth-order valence-corrected chi connectivity index (χ4v) is 6.30. The molecule has 1 aliphatic heterocycles. The Labute approximate surface area is 192 Å². The molecular formula is C26H29N3O2S. The molecule has 5 rings (SSSR count). The summed E-state index contributed by atoms with van der Waals surface area (Å²) in [5.41, 5.74) is 3.78. The second kappa shape index (κ2) is 8.26. The third-order valence-corrected chi connectivity index (χ3v) is 7.76. The molecule has 4 aromatic rings. The van der Waals surface area contributed by atoms with Crippen molar-refractivity contribution >= 4 is 38.2 Å².